The molecule has 1 aromatic heterocycles. The first-order chi connectivity index (χ1) is 10.9. The molecule has 6 nitrogen and oxygen atoms in total. The Kier molecular flexibility index (Phi) is 5.68. The number of benzene rings is 1. The molecule has 0 saturated heterocycles. The molecule has 7 heteroatoms. The fraction of sp³-hybridized carbons (Fsp3) is 0.375. The van der Waals surface area contributed by atoms with Crippen molar-refractivity contribution >= 4 is 15.8 Å². The van der Waals surface area contributed by atoms with E-state index in [0.717, 1.165) is 11.3 Å². The molecule has 2 aromatic rings. The number of aryl methyl sites for hydroxylation is 1. The van der Waals surface area contributed by atoms with E-state index in [2.05, 4.69) is 20.0 Å². The third kappa shape index (κ3) is 5.30. The highest BCUT2D eigenvalue weighted by Gasteiger charge is 2.13. The Morgan fingerprint density at radius 2 is 1.83 bits per heavy atom. The minimum absolute atomic E-state index is 0.267. The molecule has 2 N–H and O–H groups in total. The van der Waals surface area contributed by atoms with Gasteiger partial charge < -0.3 is 5.32 Å². The van der Waals surface area contributed by atoms with Crippen LogP contribution in [0.5, 0.6) is 0 Å². The molecule has 0 aliphatic heterocycles. The predicted octanol–water partition coefficient (Wildman–Crippen LogP) is 2.33. The van der Waals surface area contributed by atoms with E-state index < -0.39 is 10.0 Å². The highest BCUT2D eigenvalue weighted by Crippen LogP contribution is 2.12. The first-order valence-electron chi connectivity index (χ1n) is 7.48. The summed E-state index contributed by atoms with van der Waals surface area (Å²) >= 11 is 0. The van der Waals surface area contributed by atoms with Crippen molar-refractivity contribution in [2.24, 2.45) is 5.92 Å². The smallest absolute Gasteiger partial charge is 0.240 e. The molecular weight excluding hydrogens is 312 g/mol. The molecule has 1 heterocycles. The average molecular weight is 334 g/mol. The van der Waals surface area contributed by atoms with Crippen LogP contribution >= 0.6 is 0 Å². The van der Waals surface area contributed by atoms with Crippen LogP contribution in [0.1, 0.15) is 25.1 Å². The largest absolute Gasteiger partial charge is 0.365 e. The lowest BCUT2D eigenvalue weighted by molar-refractivity contribution is 0.560. The molecule has 0 atom stereocenters. The summed E-state index contributed by atoms with van der Waals surface area (Å²) in [4.78, 5) is 8.65. The molecule has 1 aromatic carbocycles. The fourth-order valence-electron chi connectivity index (χ4n) is 1.89. The summed E-state index contributed by atoms with van der Waals surface area (Å²) in [7, 11) is -3.44. The highest BCUT2D eigenvalue weighted by atomic mass is 32.2. The van der Waals surface area contributed by atoms with E-state index >= 15 is 0 Å². The van der Waals surface area contributed by atoms with Crippen LogP contribution in [0.15, 0.2) is 41.6 Å². The predicted molar refractivity (Wildman–Crippen MR) is 90.6 cm³/mol. The molecule has 2 rings (SSSR count). The zero-order chi connectivity index (χ0) is 16.9. The number of aromatic nitrogens is 2. The molecule has 0 unspecified atom stereocenters. The maximum Gasteiger partial charge on any atom is 0.240 e. The molecule has 0 spiro atoms. The molecule has 0 aliphatic rings. The van der Waals surface area contributed by atoms with Gasteiger partial charge in [0.05, 0.1) is 16.8 Å². The van der Waals surface area contributed by atoms with Gasteiger partial charge in [0.25, 0.3) is 0 Å². The van der Waals surface area contributed by atoms with Gasteiger partial charge in [-0.25, -0.2) is 18.1 Å². The summed E-state index contributed by atoms with van der Waals surface area (Å²) in [5.41, 5.74) is 1.81. The van der Waals surface area contributed by atoms with Crippen molar-refractivity contribution in [2.45, 2.75) is 32.2 Å². The minimum Gasteiger partial charge on any atom is -0.365 e. The number of rotatable bonds is 7. The summed E-state index contributed by atoms with van der Waals surface area (Å²) in [6, 6.07) is 6.81. The molecule has 23 heavy (non-hydrogen) atoms. The van der Waals surface area contributed by atoms with Crippen molar-refractivity contribution in [1.82, 2.24) is 14.7 Å². The van der Waals surface area contributed by atoms with Crippen molar-refractivity contribution in [3.8, 4) is 0 Å². The minimum atomic E-state index is -3.44. The fourth-order valence-corrected chi connectivity index (χ4v) is 3.10. The van der Waals surface area contributed by atoms with E-state index in [-0.39, 0.29) is 10.8 Å². The standard InChI is InChI=1S/C16H22N4O2S/c1-12(2)8-19-23(21,22)15-6-4-14(5-7-15)10-18-16-11-17-9-13(3)20-16/h4-7,9,11-12,19H,8,10H2,1-3H3,(H,18,20). The molecule has 0 saturated carbocycles. The third-order valence-corrected chi connectivity index (χ3v) is 4.58. The summed E-state index contributed by atoms with van der Waals surface area (Å²) < 4.78 is 26.8. The molecule has 0 bridgehead atoms. The van der Waals surface area contributed by atoms with Crippen molar-refractivity contribution in [3.05, 3.63) is 47.9 Å². The van der Waals surface area contributed by atoms with Gasteiger partial charge in [0.2, 0.25) is 10.0 Å². The zero-order valence-electron chi connectivity index (χ0n) is 13.6. The van der Waals surface area contributed by atoms with Crippen LogP contribution < -0.4 is 10.0 Å². The second-order valence-electron chi connectivity index (χ2n) is 5.79. The van der Waals surface area contributed by atoms with Gasteiger partial charge in [0, 0.05) is 19.3 Å². The van der Waals surface area contributed by atoms with Crippen LogP contribution in [0.3, 0.4) is 0 Å². The molecule has 0 aliphatic carbocycles. The lowest BCUT2D eigenvalue weighted by Crippen LogP contribution is -2.27. The Hall–Kier alpha value is -1.99. The lowest BCUT2D eigenvalue weighted by Gasteiger charge is -2.10. The normalized spacial score (nSPS) is 11.7. The molecule has 124 valence electrons. The van der Waals surface area contributed by atoms with Crippen LogP contribution in [-0.2, 0) is 16.6 Å². The van der Waals surface area contributed by atoms with Crippen LogP contribution in [0.2, 0.25) is 0 Å². The van der Waals surface area contributed by atoms with Gasteiger partial charge in [0.1, 0.15) is 5.82 Å². The van der Waals surface area contributed by atoms with Gasteiger partial charge >= 0.3 is 0 Å². The van der Waals surface area contributed by atoms with Crippen molar-refractivity contribution in [1.29, 1.82) is 0 Å². The zero-order valence-corrected chi connectivity index (χ0v) is 14.4. The van der Waals surface area contributed by atoms with Gasteiger partial charge in [-0.05, 0) is 30.5 Å². The maximum absolute atomic E-state index is 12.1. The van der Waals surface area contributed by atoms with Crippen LogP contribution in [0, 0.1) is 12.8 Å². The summed E-state index contributed by atoms with van der Waals surface area (Å²) in [6.45, 7) is 6.79. The summed E-state index contributed by atoms with van der Waals surface area (Å²) in [6.07, 6.45) is 3.34. The van der Waals surface area contributed by atoms with Gasteiger partial charge in [-0.2, -0.15) is 0 Å². The maximum atomic E-state index is 12.1. The van der Waals surface area contributed by atoms with E-state index in [1.807, 2.05) is 20.8 Å². The first kappa shape index (κ1) is 17.4. The van der Waals surface area contributed by atoms with Crippen LogP contribution in [-0.4, -0.2) is 24.9 Å². The van der Waals surface area contributed by atoms with E-state index in [1.165, 1.54) is 0 Å². The van der Waals surface area contributed by atoms with E-state index in [9.17, 15) is 8.42 Å². The molecule has 0 radical (unpaired) electrons. The van der Waals surface area contributed by atoms with Crippen molar-refractivity contribution in [3.63, 3.8) is 0 Å². The third-order valence-electron chi connectivity index (χ3n) is 3.14. The second-order valence-corrected chi connectivity index (χ2v) is 7.56. The average Bonchev–Trinajstić information content (AvgIpc) is 2.52. The Morgan fingerprint density at radius 1 is 1.13 bits per heavy atom. The van der Waals surface area contributed by atoms with Gasteiger partial charge in [-0.1, -0.05) is 26.0 Å². The monoisotopic (exact) mass is 334 g/mol. The van der Waals surface area contributed by atoms with Crippen LogP contribution in [0.4, 0.5) is 5.82 Å². The van der Waals surface area contributed by atoms with E-state index in [1.54, 1.807) is 36.7 Å². The highest BCUT2D eigenvalue weighted by molar-refractivity contribution is 7.89. The Balaban J connectivity index is 1.99. The molecule has 0 fully saturated rings. The Morgan fingerprint density at radius 3 is 2.43 bits per heavy atom. The first-order valence-corrected chi connectivity index (χ1v) is 8.96. The van der Waals surface area contributed by atoms with Crippen molar-refractivity contribution < 1.29 is 8.42 Å². The summed E-state index contributed by atoms with van der Waals surface area (Å²) in [5, 5.41) is 3.16. The van der Waals surface area contributed by atoms with E-state index in [0.29, 0.717) is 18.9 Å². The number of anilines is 1. The van der Waals surface area contributed by atoms with Gasteiger partial charge in [-0.15, -0.1) is 0 Å². The SMILES string of the molecule is Cc1cncc(NCc2ccc(S(=O)(=O)NCC(C)C)cc2)n1. The quantitative estimate of drug-likeness (QED) is 0.812. The van der Waals surface area contributed by atoms with Crippen molar-refractivity contribution in [2.75, 3.05) is 11.9 Å². The topological polar surface area (TPSA) is 84.0 Å². The molecule has 0 amide bonds. The number of hydrogen-bond donors (Lipinski definition) is 2. The van der Waals surface area contributed by atoms with E-state index in [4.69, 9.17) is 0 Å². The lowest BCUT2D eigenvalue weighted by atomic mass is 10.2. The van der Waals surface area contributed by atoms with Gasteiger partial charge in [-0.3, -0.25) is 4.98 Å². The number of hydrogen-bond acceptors (Lipinski definition) is 5. The van der Waals surface area contributed by atoms with Crippen LogP contribution in [0.25, 0.3) is 0 Å². The number of sulfonamides is 1. The van der Waals surface area contributed by atoms with Gasteiger partial charge in [0.15, 0.2) is 0 Å². The number of nitrogens with one attached hydrogen (secondary N) is 2. The Bertz CT molecular complexity index is 743. The summed E-state index contributed by atoms with van der Waals surface area (Å²) in [5.74, 6) is 0.962. The molecular formula is C16H22N4O2S. The number of nitrogens with zero attached hydrogens (tertiary/aromatic N) is 2. The second kappa shape index (κ2) is 7.52. The Labute approximate surface area is 137 Å².